The Balaban J connectivity index is 2.03. The first kappa shape index (κ1) is 16.8. The number of likely N-dealkylation sites (tertiary alicyclic amines) is 1. The summed E-state index contributed by atoms with van der Waals surface area (Å²) in [5.41, 5.74) is 5.56. The van der Waals surface area contributed by atoms with E-state index in [0.717, 1.165) is 25.0 Å². The van der Waals surface area contributed by atoms with Crippen molar-refractivity contribution < 1.29 is 18.0 Å². The van der Waals surface area contributed by atoms with Crippen LogP contribution in [0.4, 0.5) is 13.2 Å². The number of alkyl halides is 3. The number of carbonyl (C=O) groups excluding carboxylic acids is 1. The first-order chi connectivity index (χ1) is 10.3. The number of benzene rings is 1. The van der Waals surface area contributed by atoms with E-state index in [1.165, 1.54) is 6.07 Å². The van der Waals surface area contributed by atoms with Gasteiger partial charge in [0.1, 0.15) is 0 Å². The van der Waals surface area contributed by atoms with E-state index in [1.54, 1.807) is 11.0 Å². The van der Waals surface area contributed by atoms with Crippen molar-refractivity contribution in [1.29, 1.82) is 0 Å². The van der Waals surface area contributed by atoms with Crippen molar-refractivity contribution in [2.75, 3.05) is 13.1 Å². The highest BCUT2D eigenvalue weighted by atomic mass is 19.4. The SMILES string of the molecule is C[C@H](N)[C@@H]1CCCN(C(=O)Cc2cccc(C(F)(F)F)c2)C1. The van der Waals surface area contributed by atoms with Gasteiger partial charge in [-0.2, -0.15) is 13.2 Å². The van der Waals surface area contributed by atoms with Crippen LogP contribution in [0.25, 0.3) is 0 Å². The van der Waals surface area contributed by atoms with Gasteiger partial charge in [-0.1, -0.05) is 18.2 Å². The smallest absolute Gasteiger partial charge is 0.342 e. The molecule has 0 saturated carbocycles. The molecule has 122 valence electrons. The van der Waals surface area contributed by atoms with Crippen LogP contribution in [0.5, 0.6) is 0 Å². The van der Waals surface area contributed by atoms with Crippen molar-refractivity contribution in [3.05, 3.63) is 35.4 Å². The Morgan fingerprint density at radius 1 is 1.45 bits per heavy atom. The number of amides is 1. The molecular weight excluding hydrogens is 293 g/mol. The van der Waals surface area contributed by atoms with Gasteiger partial charge >= 0.3 is 6.18 Å². The van der Waals surface area contributed by atoms with Crippen molar-refractivity contribution in [2.45, 2.75) is 38.4 Å². The summed E-state index contributed by atoms with van der Waals surface area (Å²) in [5, 5.41) is 0. The zero-order valence-electron chi connectivity index (χ0n) is 12.6. The predicted octanol–water partition coefficient (Wildman–Crippen LogP) is 2.83. The minimum Gasteiger partial charge on any atom is -0.342 e. The number of hydrogen-bond acceptors (Lipinski definition) is 2. The van der Waals surface area contributed by atoms with Gasteiger partial charge in [0.25, 0.3) is 0 Å². The fraction of sp³-hybridized carbons (Fsp3) is 0.562. The molecule has 1 aliphatic heterocycles. The topological polar surface area (TPSA) is 46.3 Å². The number of carbonyl (C=O) groups is 1. The Labute approximate surface area is 128 Å². The minimum atomic E-state index is -4.38. The molecule has 6 heteroatoms. The fourth-order valence-electron chi connectivity index (χ4n) is 2.81. The lowest BCUT2D eigenvalue weighted by atomic mass is 9.92. The summed E-state index contributed by atoms with van der Waals surface area (Å²) in [6.07, 6.45) is -2.51. The maximum atomic E-state index is 12.7. The van der Waals surface area contributed by atoms with Crippen molar-refractivity contribution in [1.82, 2.24) is 4.90 Å². The van der Waals surface area contributed by atoms with E-state index in [1.807, 2.05) is 6.92 Å². The molecule has 22 heavy (non-hydrogen) atoms. The van der Waals surface area contributed by atoms with Gasteiger partial charge in [0.05, 0.1) is 12.0 Å². The molecular formula is C16H21F3N2O. The minimum absolute atomic E-state index is 0.00437. The van der Waals surface area contributed by atoms with E-state index in [9.17, 15) is 18.0 Å². The van der Waals surface area contributed by atoms with E-state index in [-0.39, 0.29) is 24.3 Å². The zero-order valence-corrected chi connectivity index (χ0v) is 12.6. The van der Waals surface area contributed by atoms with Crippen LogP contribution in [-0.2, 0) is 17.4 Å². The molecule has 0 aliphatic carbocycles. The molecule has 1 heterocycles. The van der Waals surface area contributed by atoms with Crippen LogP contribution in [0.2, 0.25) is 0 Å². The Kier molecular flexibility index (Phi) is 5.11. The molecule has 1 fully saturated rings. The van der Waals surface area contributed by atoms with Crippen LogP contribution in [0.1, 0.15) is 30.9 Å². The Bertz CT molecular complexity index is 528. The molecule has 0 aromatic heterocycles. The quantitative estimate of drug-likeness (QED) is 0.932. The highest BCUT2D eigenvalue weighted by molar-refractivity contribution is 5.79. The van der Waals surface area contributed by atoms with Crippen molar-refractivity contribution in [3.63, 3.8) is 0 Å². The largest absolute Gasteiger partial charge is 0.416 e. The molecule has 0 spiro atoms. The number of halogens is 3. The summed E-state index contributed by atoms with van der Waals surface area (Å²) < 4.78 is 38.1. The van der Waals surface area contributed by atoms with E-state index >= 15 is 0 Å². The molecule has 0 unspecified atom stereocenters. The molecule has 0 bridgehead atoms. The third kappa shape index (κ3) is 4.22. The van der Waals surface area contributed by atoms with Gasteiger partial charge in [-0.25, -0.2) is 0 Å². The molecule has 2 rings (SSSR count). The maximum Gasteiger partial charge on any atom is 0.416 e. The monoisotopic (exact) mass is 314 g/mol. The van der Waals surface area contributed by atoms with Gasteiger partial charge in [0, 0.05) is 19.1 Å². The lowest BCUT2D eigenvalue weighted by molar-refractivity contribution is -0.138. The highest BCUT2D eigenvalue weighted by Gasteiger charge is 2.31. The number of rotatable bonds is 3. The molecule has 1 amide bonds. The average Bonchev–Trinajstić information content (AvgIpc) is 2.46. The summed E-state index contributed by atoms with van der Waals surface area (Å²) in [5.74, 6) is 0.129. The first-order valence-electron chi connectivity index (χ1n) is 7.47. The Morgan fingerprint density at radius 3 is 2.82 bits per heavy atom. The van der Waals surface area contributed by atoms with Crippen molar-refractivity contribution in [3.8, 4) is 0 Å². The molecule has 1 aliphatic rings. The fourth-order valence-corrected chi connectivity index (χ4v) is 2.81. The number of nitrogens with two attached hydrogens (primary N) is 1. The number of piperidine rings is 1. The second kappa shape index (κ2) is 6.69. The van der Waals surface area contributed by atoms with Gasteiger partial charge < -0.3 is 10.6 Å². The van der Waals surface area contributed by atoms with Crippen molar-refractivity contribution >= 4 is 5.91 Å². The second-order valence-electron chi connectivity index (χ2n) is 5.98. The normalized spacial score (nSPS) is 20.8. The maximum absolute atomic E-state index is 12.7. The van der Waals surface area contributed by atoms with Gasteiger partial charge in [-0.3, -0.25) is 4.79 Å². The molecule has 3 nitrogen and oxygen atoms in total. The highest BCUT2D eigenvalue weighted by Crippen LogP contribution is 2.29. The zero-order chi connectivity index (χ0) is 16.3. The van der Waals surface area contributed by atoms with Gasteiger partial charge in [0.15, 0.2) is 0 Å². The van der Waals surface area contributed by atoms with Gasteiger partial charge in [-0.05, 0) is 37.3 Å². The molecule has 2 N–H and O–H groups in total. The average molecular weight is 314 g/mol. The van der Waals surface area contributed by atoms with E-state index < -0.39 is 11.7 Å². The molecule has 1 aromatic carbocycles. The molecule has 0 radical (unpaired) electrons. The van der Waals surface area contributed by atoms with Crippen molar-refractivity contribution in [2.24, 2.45) is 11.7 Å². The summed E-state index contributed by atoms with van der Waals surface area (Å²) in [4.78, 5) is 14.0. The predicted molar refractivity (Wildman–Crippen MR) is 78.1 cm³/mol. The standard InChI is InChI=1S/C16H21F3N2O/c1-11(20)13-5-3-7-21(10-13)15(22)9-12-4-2-6-14(8-12)16(17,18)19/h2,4,6,8,11,13H,3,5,7,9-10,20H2,1H3/t11-,13+/m0/s1. The van der Waals surface area contributed by atoms with Crippen LogP contribution in [0.3, 0.4) is 0 Å². The van der Waals surface area contributed by atoms with Gasteiger partial charge in [-0.15, -0.1) is 0 Å². The lowest BCUT2D eigenvalue weighted by Gasteiger charge is -2.34. The van der Waals surface area contributed by atoms with Crippen LogP contribution in [-0.4, -0.2) is 29.9 Å². The molecule has 2 atom stereocenters. The number of hydrogen-bond donors (Lipinski definition) is 1. The van der Waals surface area contributed by atoms with Crippen LogP contribution < -0.4 is 5.73 Å². The van der Waals surface area contributed by atoms with Crippen LogP contribution in [0, 0.1) is 5.92 Å². The summed E-state index contributed by atoms with van der Waals surface area (Å²) >= 11 is 0. The lowest BCUT2D eigenvalue weighted by Crippen LogP contribution is -2.45. The Morgan fingerprint density at radius 2 is 2.18 bits per heavy atom. The number of nitrogens with zero attached hydrogens (tertiary/aromatic N) is 1. The van der Waals surface area contributed by atoms with E-state index in [4.69, 9.17) is 5.73 Å². The summed E-state index contributed by atoms with van der Waals surface area (Å²) in [6.45, 7) is 3.17. The third-order valence-electron chi connectivity index (χ3n) is 4.16. The third-order valence-corrected chi connectivity index (χ3v) is 4.16. The summed E-state index contributed by atoms with van der Waals surface area (Å²) in [7, 11) is 0. The summed E-state index contributed by atoms with van der Waals surface area (Å²) in [6, 6.07) is 4.97. The van der Waals surface area contributed by atoms with E-state index in [2.05, 4.69) is 0 Å². The first-order valence-corrected chi connectivity index (χ1v) is 7.47. The van der Waals surface area contributed by atoms with Gasteiger partial charge in [0.2, 0.25) is 5.91 Å². The Hall–Kier alpha value is -1.56. The van der Waals surface area contributed by atoms with E-state index in [0.29, 0.717) is 18.7 Å². The van der Waals surface area contributed by atoms with Crippen LogP contribution in [0.15, 0.2) is 24.3 Å². The van der Waals surface area contributed by atoms with Crippen LogP contribution >= 0.6 is 0 Å². The second-order valence-corrected chi connectivity index (χ2v) is 5.98. The molecule has 1 saturated heterocycles. The molecule has 1 aromatic rings.